The van der Waals surface area contributed by atoms with Gasteiger partial charge >= 0.3 is 0 Å². The number of aromatic nitrogens is 2. The summed E-state index contributed by atoms with van der Waals surface area (Å²) in [5, 5.41) is 4.70. The summed E-state index contributed by atoms with van der Waals surface area (Å²) in [6, 6.07) is 14.5. The maximum Gasteiger partial charge on any atom is 0.274 e. The number of carbonyl (C=O) groups excluding carboxylic acids is 1. The van der Waals surface area contributed by atoms with Crippen LogP contribution in [0.2, 0.25) is 0 Å². The van der Waals surface area contributed by atoms with Crippen molar-refractivity contribution in [1.82, 2.24) is 19.0 Å². The van der Waals surface area contributed by atoms with Gasteiger partial charge in [0.25, 0.3) is 5.91 Å². The Hall–Kier alpha value is -3.04. The number of hydrogen-bond acceptors (Lipinski definition) is 4. The van der Waals surface area contributed by atoms with Crippen molar-refractivity contribution >= 4 is 15.9 Å². The Balaban J connectivity index is 1.39. The molecule has 3 aromatic rings. The van der Waals surface area contributed by atoms with Crippen LogP contribution in [0.15, 0.2) is 59.5 Å². The van der Waals surface area contributed by atoms with Crippen molar-refractivity contribution in [3.05, 3.63) is 77.4 Å². The smallest absolute Gasteiger partial charge is 0.274 e. The second kappa shape index (κ2) is 9.31. The second-order valence-corrected chi connectivity index (χ2v) is 10.7. The van der Waals surface area contributed by atoms with Crippen LogP contribution in [-0.4, -0.2) is 59.5 Å². The van der Waals surface area contributed by atoms with Crippen LogP contribution in [0.25, 0.3) is 5.69 Å². The van der Waals surface area contributed by atoms with Crippen molar-refractivity contribution in [3.8, 4) is 5.69 Å². The fourth-order valence-electron chi connectivity index (χ4n) is 4.77. The molecule has 0 radical (unpaired) electrons. The van der Waals surface area contributed by atoms with Crippen LogP contribution >= 0.6 is 0 Å². The average Bonchev–Trinajstić information content (AvgIpc) is 3.05. The Morgan fingerprint density at radius 3 is 2.24 bits per heavy atom. The Morgan fingerprint density at radius 1 is 0.853 bits per heavy atom. The van der Waals surface area contributed by atoms with E-state index in [0.29, 0.717) is 18.8 Å². The number of nitrogens with zero attached hydrogens (tertiary/aromatic N) is 4. The number of carbonyl (C=O) groups is 1. The van der Waals surface area contributed by atoms with Crippen molar-refractivity contribution in [1.29, 1.82) is 0 Å². The van der Waals surface area contributed by atoms with Gasteiger partial charge in [0.1, 0.15) is 5.82 Å². The molecule has 1 amide bonds. The van der Waals surface area contributed by atoms with Gasteiger partial charge in [0.2, 0.25) is 10.0 Å². The molecule has 7 nitrogen and oxygen atoms in total. The zero-order valence-electron chi connectivity index (χ0n) is 18.9. The highest BCUT2D eigenvalue weighted by molar-refractivity contribution is 7.89. The van der Waals surface area contributed by atoms with Gasteiger partial charge in [-0.25, -0.2) is 17.5 Å². The molecule has 0 unspecified atom stereocenters. The molecule has 1 aliphatic heterocycles. The van der Waals surface area contributed by atoms with Crippen LogP contribution in [0.4, 0.5) is 4.39 Å². The molecular formula is C25H27FN4O3S. The molecular weight excluding hydrogens is 455 g/mol. The number of piperazine rings is 1. The zero-order chi connectivity index (χ0) is 23.7. The summed E-state index contributed by atoms with van der Waals surface area (Å²) in [6.07, 6.45) is 4.69. The SMILES string of the molecule is O=C(c1nn(-c2ccc(F)cc2)c2c1CCCCC2)N1CCN(S(=O)(=O)c2ccccc2)CC1. The normalized spacial score (nSPS) is 17.3. The minimum Gasteiger partial charge on any atom is -0.335 e. The molecule has 9 heteroatoms. The second-order valence-electron chi connectivity index (χ2n) is 8.73. The summed E-state index contributed by atoms with van der Waals surface area (Å²) in [5.74, 6) is -0.489. The molecule has 178 valence electrons. The Morgan fingerprint density at radius 2 is 1.53 bits per heavy atom. The van der Waals surface area contributed by atoms with Gasteiger partial charge in [-0.2, -0.15) is 9.40 Å². The van der Waals surface area contributed by atoms with E-state index in [1.807, 2.05) is 0 Å². The van der Waals surface area contributed by atoms with Crippen LogP contribution in [0, 0.1) is 5.82 Å². The van der Waals surface area contributed by atoms with Gasteiger partial charge in [-0.1, -0.05) is 24.6 Å². The zero-order valence-corrected chi connectivity index (χ0v) is 19.7. The lowest BCUT2D eigenvalue weighted by molar-refractivity contribution is 0.0690. The molecule has 1 fully saturated rings. The van der Waals surface area contributed by atoms with Gasteiger partial charge in [-0.05, 0) is 62.1 Å². The maximum atomic E-state index is 13.5. The van der Waals surface area contributed by atoms with E-state index in [4.69, 9.17) is 5.10 Å². The van der Waals surface area contributed by atoms with Gasteiger partial charge in [0.15, 0.2) is 5.69 Å². The number of fused-ring (bicyclic) bond motifs is 1. The van der Waals surface area contributed by atoms with Crippen molar-refractivity contribution in [2.45, 2.75) is 37.0 Å². The third kappa shape index (κ3) is 4.25. The molecule has 0 N–H and O–H groups in total. The Bertz CT molecular complexity index is 1280. The van der Waals surface area contributed by atoms with E-state index >= 15 is 0 Å². The molecule has 1 aliphatic carbocycles. The summed E-state index contributed by atoms with van der Waals surface area (Å²) in [6.45, 7) is 1.10. The van der Waals surface area contributed by atoms with Crippen LogP contribution in [0.1, 0.15) is 41.0 Å². The van der Waals surface area contributed by atoms with Crippen LogP contribution in [-0.2, 0) is 22.9 Å². The Labute approximate surface area is 198 Å². The molecule has 34 heavy (non-hydrogen) atoms. The number of benzene rings is 2. The number of amides is 1. The van der Waals surface area contributed by atoms with E-state index < -0.39 is 10.0 Å². The van der Waals surface area contributed by atoms with Gasteiger partial charge in [0.05, 0.1) is 10.6 Å². The summed E-state index contributed by atoms with van der Waals surface area (Å²) < 4.78 is 42.5. The largest absolute Gasteiger partial charge is 0.335 e. The summed E-state index contributed by atoms with van der Waals surface area (Å²) >= 11 is 0. The van der Waals surface area contributed by atoms with Gasteiger partial charge < -0.3 is 4.90 Å². The minimum atomic E-state index is -3.59. The molecule has 2 heterocycles. The molecule has 1 aromatic heterocycles. The highest BCUT2D eigenvalue weighted by Crippen LogP contribution is 2.28. The first-order valence-corrected chi connectivity index (χ1v) is 13.1. The van der Waals surface area contributed by atoms with E-state index in [2.05, 4.69) is 0 Å². The molecule has 1 saturated heterocycles. The molecule has 5 rings (SSSR count). The van der Waals surface area contributed by atoms with Crippen molar-refractivity contribution < 1.29 is 17.6 Å². The quantitative estimate of drug-likeness (QED) is 0.534. The van der Waals surface area contributed by atoms with E-state index in [1.165, 1.54) is 16.4 Å². The summed E-state index contributed by atoms with van der Waals surface area (Å²) in [4.78, 5) is 15.5. The van der Waals surface area contributed by atoms with E-state index in [-0.39, 0.29) is 29.7 Å². The monoisotopic (exact) mass is 482 g/mol. The molecule has 2 aliphatic rings. The third-order valence-corrected chi connectivity index (χ3v) is 8.52. The van der Waals surface area contributed by atoms with Crippen molar-refractivity contribution in [2.75, 3.05) is 26.2 Å². The molecule has 0 spiro atoms. The number of halogens is 1. The highest BCUT2D eigenvalue weighted by Gasteiger charge is 2.33. The first-order chi connectivity index (χ1) is 16.4. The first-order valence-electron chi connectivity index (χ1n) is 11.7. The number of rotatable bonds is 4. The van der Waals surface area contributed by atoms with Gasteiger partial charge in [0, 0.05) is 37.4 Å². The van der Waals surface area contributed by atoms with Crippen LogP contribution in [0.3, 0.4) is 0 Å². The number of sulfonamides is 1. The highest BCUT2D eigenvalue weighted by atomic mass is 32.2. The summed E-state index contributed by atoms with van der Waals surface area (Å²) in [7, 11) is -3.59. The fourth-order valence-corrected chi connectivity index (χ4v) is 6.21. The molecule has 2 aromatic carbocycles. The maximum absolute atomic E-state index is 13.5. The topological polar surface area (TPSA) is 75.5 Å². The molecule has 0 bridgehead atoms. The first kappa shape index (κ1) is 22.7. The van der Waals surface area contributed by atoms with E-state index in [9.17, 15) is 17.6 Å². The van der Waals surface area contributed by atoms with Crippen LogP contribution in [0.5, 0.6) is 0 Å². The molecule has 0 saturated carbocycles. The lowest BCUT2D eigenvalue weighted by Gasteiger charge is -2.33. The Kier molecular flexibility index (Phi) is 6.22. The molecule has 0 atom stereocenters. The van der Waals surface area contributed by atoms with Crippen LogP contribution < -0.4 is 0 Å². The van der Waals surface area contributed by atoms with Gasteiger partial charge in [-0.15, -0.1) is 0 Å². The minimum absolute atomic E-state index is 0.171. The third-order valence-electron chi connectivity index (χ3n) is 6.61. The summed E-state index contributed by atoms with van der Waals surface area (Å²) in [5.41, 5.74) is 3.14. The predicted octanol–water partition coefficient (Wildman–Crippen LogP) is 3.43. The predicted molar refractivity (Wildman–Crippen MR) is 126 cm³/mol. The lowest BCUT2D eigenvalue weighted by atomic mass is 10.1. The van der Waals surface area contributed by atoms with E-state index in [1.54, 1.807) is 52.0 Å². The standard InChI is InChI=1S/C25H27FN4O3S/c26-19-11-13-20(14-12-19)30-23-10-6-2-5-9-22(23)24(27-30)25(31)28-15-17-29(18-16-28)34(32,33)21-7-3-1-4-8-21/h1,3-4,7-8,11-14H,2,5-6,9-10,15-18H2. The average molecular weight is 483 g/mol. The van der Waals surface area contributed by atoms with Gasteiger partial charge in [-0.3, -0.25) is 4.79 Å². The number of hydrogen-bond donors (Lipinski definition) is 0. The fraction of sp³-hybridized carbons (Fsp3) is 0.360. The lowest BCUT2D eigenvalue weighted by Crippen LogP contribution is -2.50. The van der Waals surface area contributed by atoms with Crippen molar-refractivity contribution in [2.24, 2.45) is 0 Å². The van der Waals surface area contributed by atoms with E-state index in [0.717, 1.165) is 49.0 Å². The van der Waals surface area contributed by atoms with Crippen molar-refractivity contribution in [3.63, 3.8) is 0 Å².